The minimum atomic E-state index is 0.00518. The smallest absolute Gasteiger partial charge is 0.227 e. The Morgan fingerprint density at radius 3 is 2.75 bits per heavy atom. The Hall–Kier alpha value is -0.910. The Labute approximate surface area is 149 Å². The van der Waals surface area contributed by atoms with Crippen molar-refractivity contribution in [1.29, 1.82) is 0 Å². The number of carbonyl (C=O) groups excluding carboxylic acids is 1. The highest BCUT2D eigenvalue weighted by Crippen LogP contribution is 2.36. The van der Waals surface area contributed by atoms with Crippen LogP contribution in [-0.4, -0.2) is 60.1 Å². The lowest BCUT2D eigenvalue weighted by atomic mass is 9.81. The van der Waals surface area contributed by atoms with E-state index in [-0.39, 0.29) is 11.5 Å². The van der Waals surface area contributed by atoms with Crippen LogP contribution in [-0.2, 0) is 16.0 Å². The van der Waals surface area contributed by atoms with Gasteiger partial charge in [-0.2, -0.15) is 0 Å². The zero-order valence-electron chi connectivity index (χ0n) is 15.0. The first-order valence-electron chi connectivity index (χ1n) is 9.34. The minimum absolute atomic E-state index is 0.00518. The number of hydrogen-bond acceptors (Lipinski definition) is 4. The lowest BCUT2D eigenvalue weighted by Gasteiger charge is -2.48. The third-order valence-electron chi connectivity index (χ3n) is 5.73. The van der Waals surface area contributed by atoms with Crippen molar-refractivity contribution >= 4 is 17.2 Å². The topological polar surface area (TPSA) is 32.8 Å². The monoisotopic (exact) mass is 350 g/mol. The normalized spacial score (nSPS) is 23.8. The summed E-state index contributed by atoms with van der Waals surface area (Å²) >= 11 is 1.67. The van der Waals surface area contributed by atoms with Gasteiger partial charge in [0.25, 0.3) is 0 Å². The average molecular weight is 351 g/mol. The summed E-state index contributed by atoms with van der Waals surface area (Å²) in [4.78, 5) is 18.3. The molecule has 5 heteroatoms. The molecule has 2 aliphatic heterocycles. The van der Waals surface area contributed by atoms with Crippen LogP contribution in [0, 0.1) is 0 Å². The van der Waals surface area contributed by atoms with Gasteiger partial charge in [0.2, 0.25) is 5.91 Å². The summed E-state index contributed by atoms with van der Waals surface area (Å²) in [5.41, 5.74) is 0.00518. The van der Waals surface area contributed by atoms with Gasteiger partial charge in [0.1, 0.15) is 0 Å². The molecule has 2 fully saturated rings. The number of likely N-dealkylation sites (tertiary alicyclic amines) is 1. The fourth-order valence-corrected chi connectivity index (χ4v) is 4.94. The van der Waals surface area contributed by atoms with Crippen LogP contribution in [0.15, 0.2) is 17.5 Å². The van der Waals surface area contributed by atoms with E-state index >= 15 is 0 Å². The zero-order valence-corrected chi connectivity index (χ0v) is 15.8. The Balaban J connectivity index is 1.54. The summed E-state index contributed by atoms with van der Waals surface area (Å²) in [6, 6.07) is 4.70. The number of carbonyl (C=O) groups is 1. The molecule has 2 saturated heterocycles. The van der Waals surface area contributed by atoms with Crippen molar-refractivity contribution in [3.63, 3.8) is 0 Å². The third-order valence-corrected chi connectivity index (χ3v) is 6.61. The van der Waals surface area contributed by atoms with Crippen molar-refractivity contribution in [1.82, 2.24) is 9.80 Å². The van der Waals surface area contributed by atoms with E-state index < -0.39 is 0 Å². The second kappa shape index (κ2) is 7.98. The molecule has 0 radical (unpaired) electrons. The SMILES string of the molecule is CCN(CC)C1CCOC2(CCN(C(=O)Cc3cccs3)CC2)C1. The summed E-state index contributed by atoms with van der Waals surface area (Å²) in [5.74, 6) is 0.267. The first kappa shape index (κ1) is 17.9. The Bertz CT molecular complexity index is 519. The largest absolute Gasteiger partial charge is 0.375 e. The number of hydrogen-bond donors (Lipinski definition) is 0. The van der Waals surface area contributed by atoms with Crippen molar-refractivity contribution in [3.8, 4) is 0 Å². The van der Waals surface area contributed by atoms with Crippen LogP contribution >= 0.6 is 11.3 Å². The zero-order chi connectivity index (χ0) is 17.0. The standard InChI is InChI=1S/C19H30N2O2S/c1-3-20(4-2)16-7-12-23-19(15-16)8-10-21(11-9-19)18(22)14-17-6-5-13-24-17/h5-6,13,16H,3-4,7-12,14-15H2,1-2H3. The van der Waals surface area contributed by atoms with Gasteiger partial charge in [0, 0.05) is 30.6 Å². The van der Waals surface area contributed by atoms with E-state index in [2.05, 4.69) is 18.7 Å². The summed E-state index contributed by atoms with van der Waals surface area (Å²) < 4.78 is 6.25. The van der Waals surface area contributed by atoms with Crippen molar-refractivity contribution in [2.24, 2.45) is 0 Å². The number of rotatable bonds is 5. The van der Waals surface area contributed by atoms with Crippen molar-refractivity contribution < 1.29 is 9.53 Å². The minimum Gasteiger partial charge on any atom is -0.375 e. The van der Waals surface area contributed by atoms with Crippen LogP contribution in [0.4, 0.5) is 0 Å². The van der Waals surface area contributed by atoms with Crippen molar-refractivity contribution in [3.05, 3.63) is 22.4 Å². The van der Waals surface area contributed by atoms with Crippen molar-refractivity contribution in [2.75, 3.05) is 32.8 Å². The summed E-state index contributed by atoms with van der Waals surface area (Å²) in [6.07, 6.45) is 4.79. The molecule has 4 nitrogen and oxygen atoms in total. The molecular weight excluding hydrogens is 320 g/mol. The fourth-order valence-electron chi connectivity index (χ4n) is 4.24. The molecule has 0 aliphatic carbocycles. The van der Waals surface area contributed by atoms with E-state index in [4.69, 9.17) is 4.74 Å². The average Bonchev–Trinajstić information content (AvgIpc) is 3.10. The molecule has 1 unspecified atom stereocenters. The highest BCUT2D eigenvalue weighted by molar-refractivity contribution is 7.10. The molecule has 3 heterocycles. The number of nitrogens with zero attached hydrogens (tertiary/aromatic N) is 2. The van der Waals surface area contributed by atoms with E-state index in [1.807, 2.05) is 22.4 Å². The Kier molecular flexibility index (Phi) is 5.95. The number of ether oxygens (including phenoxy) is 1. The Morgan fingerprint density at radius 2 is 2.12 bits per heavy atom. The first-order chi connectivity index (χ1) is 11.7. The molecular formula is C19H30N2O2S. The van der Waals surface area contributed by atoms with E-state index in [9.17, 15) is 4.79 Å². The van der Waals surface area contributed by atoms with Gasteiger partial charge in [-0.1, -0.05) is 19.9 Å². The molecule has 0 bridgehead atoms. The van der Waals surface area contributed by atoms with Crippen molar-refractivity contribution in [2.45, 2.75) is 57.6 Å². The van der Waals surface area contributed by atoms with Gasteiger partial charge in [-0.3, -0.25) is 4.79 Å². The predicted octanol–water partition coefficient (Wildman–Crippen LogP) is 3.17. The molecule has 24 heavy (non-hydrogen) atoms. The third kappa shape index (κ3) is 4.01. The van der Waals surface area contributed by atoms with Gasteiger partial charge in [0.05, 0.1) is 12.0 Å². The number of amides is 1. The molecule has 1 aromatic rings. The predicted molar refractivity (Wildman–Crippen MR) is 98.5 cm³/mol. The lowest BCUT2D eigenvalue weighted by molar-refractivity contribution is -0.148. The number of thiophene rings is 1. The van der Waals surface area contributed by atoms with Gasteiger partial charge in [-0.25, -0.2) is 0 Å². The van der Waals surface area contributed by atoms with Gasteiger partial charge < -0.3 is 14.5 Å². The maximum absolute atomic E-state index is 12.5. The Morgan fingerprint density at radius 1 is 1.38 bits per heavy atom. The molecule has 134 valence electrons. The van der Waals surface area contributed by atoms with E-state index in [1.54, 1.807) is 11.3 Å². The molecule has 0 saturated carbocycles. The fraction of sp³-hybridized carbons (Fsp3) is 0.737. The molecule has 0 aromatic carbocycles. The molecule has 1 spiro atoms. The van der Waals surface area contributed by atoms with Crippen LogP contribution < -0.4 is 0 Å². The van der Waals surface area contributed by atoms with Crippen LogP contribution in [0.2, 0.25) is 0 Å². The lowest BCUT2D eigenvalue weighted by Crippen LogP contribution is -2.54. The van der Waals surface area contributed by atoms with Crippen LogP contribution in [0.25, 0.3) is 0 Å². The van der Waals surface area contributed by atoms with Gasteiger partial charge in [-0.15, -0.1) is 11.3 Å². The van der Waals surface area contributed by atoms with Gasteiger partial charge in [0.15, 0.2) is 0 Å². The molecule has 1 amide bonds. The molecule has 0 N–H and O–H groups in total. The molecule has 3 rings (SSSR count). The van der Waals surface area contributed by atoms with Gasteiger partial charge >= 0.3 is 0 Å². The van der Waals surface area contributed by atoms with Crippen LogP contribution in [0.3, 0.4) is 0 Å². The molecule has 1 atom stereocenters. The first-order valence-corrected chi connectivity index (χ1v) is 10.2. The van der Waals surface area contributed by atoms with Gasteiger partial charge in [-0.05, 0) is 50.2 Å². The molecule has 2 aliphatic rings. The highest BCUT2D eigenvalue weighted by atomic mass is 32.1. The second-order valence-corrected chi connectivity index (χ2v) is 8.07. The van der Waals surface area contributed by atoms with E-state index in [1.165, 1.54) is 0 Å². The summed E-state index contributed by atoms with van der Waals surface area (Å²) in [7, 11) is 0. The summed E-state index contributed by atoms with van der Waals surface area (Å²) in [5, 5.41) is 2.04. The molecule has 1 aromatic heterocycles. The number of piperidine rings is 1. The quantitative estimate of drug-likeness (QED) is 0.818. The van der Waals surface area contributed by atoms with Crippen LogP contribution in [0.5, 0.6) is 0 Å². The second-order valence-electron chi connectivity index (χ2n) is 7.04. The summed E-state index contributed by atoms with van der Waals surface area (Å²) in [6.45, 7) is 9.27. The van der Waals surface area contributed by atoms with E-state index in [0.717, 1.165) is 63.3 Å². The van der Waals surface area contributed by atoms with E-state index in [0.29, 0.717) is 12.5 Å². The van der Waals surface area contributed by atoms with Crippen LogP contribution in [0.1, 0.15) is 44.4 Å². The highest BCUT2D eigenvalue weighted by Gasteiger charge is 2.42. The maximum Gasteiger partial charge on any atom is 0.227 e. The maximum atomic E-state index is 12.5.